The van der Waals surface area contributed by atoms with Crippen LogP contribution >= 0.6 is 0 Å². The summed E-state index contributed by atoms with van der Waals surface area (Å²) in [5, 5.41) is 14.8. The average Bonchev–Trinajstić information content (AvgIpc) is 3.52. The number of hydrogen-bond donors (Lipinski definition) is 6. The molecular formula is C23H39N7O5. The maximum atomic E-state index is 13.2. The standard InChI is InChI=1S/C23H39N7O5/c1-3-14(2)19(21(32)28-17(23(34)35)7-4-5-9-24)29-20(31)18-8-6-10-30(18)22(33)16(25)11-15-12-26-13-27-15/h12-14,16-19H,3-11,24-25H2,1-2H3,(H,26,27)(H,28,32)(H,29,31)(H,34,35). The highest BCUT2D eigenvalue weighted by Crippen LogP contribution is 2.20. The molecule has 5 atom stereocenters. The number of imidazole rings is 1. The number of H-pyrrole nitrogens is 1. The fourth-order valence-electron chi connectivity index (χ4n) is 4.20. The fraction of sp³-hybridized carbons (Fsp3) is 0.696. The Morgan fingerprint density at radius 3 is 2.63 bits per heavy atom. The van der Waals surface area contributed by atoms with E-state index in [1.165, 1.54) is 11.2 Å². The maximum Gasteiger partial charge on any atom is 0.326 e. The first-order valence-corrected chi connectivity index (χ1v) is 12.3. The molecule has 8 N–H and O–H groups in total. The SMILES string of the molecule is CCC(C)C(NC(=O)C1CCCN1C(=O)C(N)Cc1cnc[nH]1)C(=O)NC(CCCCN)C(=O)O. The van der Waals surface area contributed by atoms with Crippen LogP contribution in [-0.2, 0) is 25.6 Å². The highest BCUT2D eigenvalue weighted by atomic mass is 16.4. The molecule has 12 heteroatoms. The van der Waals surface area contributed by atoms with Crippen molar-refractivity contribution in [2.24, 2.45) is 17.4 Å². The lowest BCUT2D eigenvalue weighted by Gasteiger charge is -2.30. The van der Waals surface area contributed by atoms with E-state index in [4.69, 9.17) is 11.5 Å². The number of nitrogens with zero attached hydrogens (tertiary/aromatic N) is 2. The Balaban J connectivity index is 2.06. The van der Waals surface area contributed by atoms with Crippen LogP contribution in [0.4, 0.5) is 0 Å². The number of carbonyl (C=O) groups is 4. The van der Waals surface area contributed by atoms with E-state index in [1.54, 1.807) is 6.20 Å². The lowest BCUT2D eigenvalue weighted by Crippen LogP contribution is -2.58. The van der Waals surface area contributed by atoms with Gasteiger partial charge in [0, 0.05) is 24.9 Å². The zero-order valence-electron chi connectivity index (χ0n) is 20.5. The van der Waals surface area contributed by atoms with Crippen LogP contribution in [0.2, 0.25) is 0 Å². The Morgan fingerprint density at radius 2 is 2.03 bits per heavy atom. The van der Waals surface area contributed by atoms with Gasteiger partial charge in [-0.25, -0.2) is 9.78 Å². The van der Waals surface area contributed by atoms with Crippen molar-refractivity contribution in [1.82, 2.24) is 25.5 Å². The van der Waals surface area contributed by atoms with E-state index in [0.29, 0.717) is 45.2 Å². The van der Waals surface area contributed by atoms with Crippen molar-refractivity contribution in [2.75, 3.05) is 13.1 Å². The smallest absolute Gasteiger partial charge is 0.326 e. The molecule has 12 nitrogen and oxygen atoms in total. The van der Waals surface area contributed by atoms with Crippen LogP contribution in [0.1, 0.15) is 58.1 Å². The van der Waals surface area contributed by atoms with E-state index >= 15 is 0 Å². The van der Waals surface area contributed by atoms with Crippen molar-refractivity contribution in [3.8, 4) is 0 Å². The molecule has 0 aliphatic carbocycles. The van der Waals surface area contributed by atoms with E-state index in [0.717, 1.165) is 5.69 Å². The summed E-state index contributed by atoms with van der Waals surface area (Å²) in [6, 6.07) is -3.57. The van der Waals surface area contributed by atoms with Gasteiger partial charge in [-0.05, 0) is 44.6 Å². The molecule has 1 aromatic heterocycles. The Bertz CT molecular complexity index is 847. The topological polar surface area (TPSA) is 197 Å². The maximum absolute atomic E-state index is 13.2. The molecule has 0 radical (unpaired) electrons. The number of carboxylic acids is 1. The molecule has 1 saturated heterocycles. The lowest BCUT2D eigenvalue weighted by atomic mass is 9.97. The highest BCUT2D eigenvalue weighted by molar-refractivity contribution is 5.94. The second kappa shape index (κ2) is 13.8. The number of aromatic nitrogens is 2. The Morgan fingerprint density at radius 1 is 1.29 bits per heavy atom. The molecule has 0 bridgehead atoms. The van der Waals surface area contributed by atoms with Crippen molar-refractivity contribution in [3.05, 3.63) is 18.2 Å². The van der Waals surface area contributed by atoms with E-state index in [2.05, 4.69) is 20.6 Å². The summed E-state index contributed by atoms with van der Waals surface area (Å²) in [5.41, 5.74) is 12.3. The van der Waals surface area contributed by atoms with Gasteiger partial charge in [0.05, 0.1) is 12.4 Å². The van der Waals surface area contributed by atoms with Gasteiger partial charge in [-0.1, -0.05) is 20.3 Å². The van der Waals surface area contributed by atoms with E-state index < -0.39 is 42.0 Å². The summed E-state index contributed by atoms with van der Waals surface area (Å²) in [7, 11) is 0. The van der Waals surface area contributed by atoms with Gasteiger partial charge in [0.25, 0.3) is 0 Å². The molecular weight excluding hydrogens is 454 g/mol. The number of hydrogen-bond acceptors (Lipinski definition) is 7. The Labute approximate surface area is 205 Å². The fourth-order valence-corrected chi connectivity index (χ4v) is 4.20. The van der Waals surface area contributed by atoms with Crippen LogP contribution in [0.15, 0.2) is 12.5 Å². The van der Waals surface area contributed by atoms with Gasteiger partial charge in [0.1, 0.15) is 18.1 Å². The molecule has 2 rings (SSSR count). The molecule has 3 amide bonds. The van der Waals surface area contributed by atoms with Crippen LogP contribution in [0, 0.1) is 5.92 Å². The van der Waals surface area contributed by atoms with Crippen LogP contribution < -0.4 is 22.1 Å². The summed E-state index contributed by atoms with van der Waals surface area (Å²) < 4.78 is 0. The van der Waals surface area contributed by atoms with Crippen molar-refractivity contribution in [2.45, 2.75) is 83.0 Å². The van der Waals surface area contributed by atoms with Gasteiger partial charge < -0.3 is 37.1 Å². The third-order valence-corrected chi connectivity index (χ3v) is 6.51. The first-order chi connectivity index (χ1) is 16.7. The number of nitrogens with two attached hydrogens (primary N) is 2. The lowest BCUT2D eigenvalue weighted by molar-refractivity contribution is -0.143. The molecule has 1 fully saturated rings. The summed E-state index contributed by atoms with van der Waals surface area (Å²) in [6.45, 7) is 4.53. The molecule has 0 spiro atoms. The van der Waals surface area contributed by atoms with Crippen LogP contribution in [0.25, 0.3) is 0 Å². The molecule has 1 aromatic rings. The third-order valence-electron chi connectivity index (χ3n) is 6.51. The molecule has 0 saturated carbocycles. The number of aliphatic carboxylic acids is 1. The minimum Gasteiger partial charge on any atom is -0.480 e. The monoisotopic (exact) mass is 493 g/mol. The van der Waals surface area contributed by atoms with Gasteiger partial charge in [-0.15, -0.1) is 0 Å². The Hall–Kier alpha value is -2.99. The highest BCUT2D eigenvalue weighted by Gasteiger charge is 2.38. The first kappa shape index (κ1) is 28.2. The largest absolute Gasteiger partial charge is 0.480 e. The second-order valence-electron chi connectivity index (χ2n) is 9.13. The van der Waals surface area contributed by atoms with E-state index in [-0.39, 0.29) is 24.7 Å². The number of carbonyl (C=O) groups excluding carboxylic acids is 3. The van der Waals surface area contributed by atoms with E-state index in [1.807, 2.05) is 13.8 Å². The zero-order valence-corrected chi connectivity index (χ0v) is 20.5. The molecule has 35 heavy (non-hydrogen) atoms. The number of nitrogens with one attached hydrogen (secondary N) is 3. The summed E-state index contributed by atoms with van der Waals surface area (Å²) >= 11 is 0. The first-order valence-electron chi connectivity index (χ1n) is 12.3. The minimum absolute atomic E-state index is 0.245. The summed E-state index contributed by atoms with van der Waals surface area (Å²) in [4.78, 5) is 59.1. The normalized spacial score (nSPS) is 19.0. The zero-order chi connectivity index (χ0) is 26.0. The van der Waals surface area contributed by atoms with Crippen LogP contribution in [-0.4, -0.2) is 80.9 Å². The quantitative estimate of drug-likeness (QED) is 0.186. The summed E-state index contributed by atoms with van der Waals surface area (Å²) in [5.74, 6) is -2.72. The number of aromatic amines is 1. The number of amides is 3. The number of unbranched alkanes of at least 4 members (excludes halogenated alkanes) is 1. The van der Waals surface area contributed by atoms with E-state index in [9.17, 15) is 24.3 Å². The van der Waals surface area contributed by atoms with Gasteiger partial charge in [0.15, 0.2) is 0 Å². The van der Waals surface area contributed by atoms with Crippen molar-refractivity contribution < 1.29 is 24.3 Å². The van der Waals surface area contributed by atoms with Gasteiger partial charge in [-0.2, -0.15) is 0 Å². The van der Waals surface area contributed by atoms with Gasteiger partial charge in [-0.3, -0.25) is 14.4 Å². The number of rotatable bonds is 14. The van der Waals surface area contributed by atoms with Crippen molar-refractivity contribution >= 4 is 23.7 Å². The predicted molar refractivity (Wildman–Crippen MR) is 129 cm³/mol. The number of carboxylic acid groups (broad SMARTS) is 1. The van der Waals surface area contributed by atoms with Gasteiger partial charge >= 0.3 is 5.97 Å². The molecule has 2 heterocycles. The minimum atomic E-state index is -1.14. The van der Waals surface area contributed by atoms with Crippen LogP contribution in [0.3, 0.4) is 0 Å². The second-order valence-corrected chi connectivity index (χ2v) is 9.13. The molecule has 5 unspecified atom stereocenters. The Kier molecular flexibility index (Phi) is 11.1. The molecule has 1 aliphatic heterocycles. The van der Waals surface area contributed by atoms with Gasteiger partial charge in [0.2, 0.25) is 17.7 Å². The average molecular weight is 494 g/mol. The van der Waals surface area contributed by atoms with Crippen molar-refractivity contribution in [3.63, 3.8) is 0 Å². The predicted octanol–water partition coefficient (Wildman–Crippen LogP) is -0.500. The molecule has 196 valence electrons. The van der Waals surface area contributed by atoms with Crippen molar-refractivity contribution in [1.29, 1.82) is 0 Å². The van der Waals surface area contributed by atoms with Crippen LogP contribution in [0.5, 0.6) is 0 Å². The molecule has 1 aliphatic rings. The molecule has 0 aromatic carbocycles. The third kappa shape index (κ3) is 8.03. The number of likely N-dealkylation sites (tertiary alicyclic amines) is 1. The summed E-state index contributed by atoms with van der Waals surface area (Å²) in [6.07, 6.45) is 6.52.